The van der Waals surface area contributed by atoms with Crippen LogP contribution in [0.1, 0.15) is 42.3 Å². The van der Waals surface area contributed by atoms with Crippen molar-refractivity contribution >= 4 is 44.9 Å². The third-order valence-electron chi connectivity index (χ3n) is 10.4. The highest BCUT2D eigenvalue weighted by Crippen LogP contribution is 2.36. The molecule has 288 valence electrons. The summed E-state index contributed by atoms with van der Waals surface area (Å²) in [6.45, 7) is 11.0. The third-order valence-corrected chi connectivity index (χ3v) is 12.7. The number of carbonyl (C=O) groups is 1. The molecule has 6 aromatic carbocycles. The average molecular weight is 768 g/mol. The summed E-state index contributed by atoms with van der Waals surface area (Å²) in [6, 6.07) is 47.8. The second-order valence-electron chi connectivity index (χ2n) is 14.9. The maximum Gasteiger partial charge on any atom is 0.269 e. The van der Waals surface area contributed by atoms with Gasteiger partial charge in [-0.05, 0) is 86.6 Å². The lowest BCUT2D eigenvalue weighted by Crippen LogP contribution is -2.72. The molecule has 0 saturated carbocycles. The molecule has 0 atom stereocenters. The molecule has 0 aliphatic heterocycles. The highest BCUT2D eigenvalue weighted by molar-refractivity contribution is 7.97. The van der Waals surface area contributed by atoms with Crippen LogP contribution < -0.4 is 30.6 Å². The van der Waals surface area contributed by atoms with Crippen LogP contribution in [0.5, 0.6) is 17.2 Å². The minimum Gasteiger partial charge on any atom is -0.497 e. The highest BCUT2D eigenvalue weighted by atomic mass is 32.2. The number of benzene rings is 6. The summed E-state index contributed by atoms with van der Waals surface area (Å²) in [6.07, 6.45) is -1.29. The summed E-state index contributed by atoms with van der Waals surface area (Å²) in [5.41, 5.74) is 6.65. The second-order valence-corrected chi connectivity index (χ2v) is 17.0. The van der Waals surface area contributed by atoms with Crippen molar-refractivity contribution in [2.75, 3.05) is 27.1 Å². The predicted molar refractivity (Wildman–Crippen MR) is 232 cm³/mol. The van der Waals surface area contributed by atoms with E-state index in [9.17, 15) is 14.9 Å². The summed E-state index contributed by atoms with van der Waals surface area (Å²) in [5, 5.41) is 10.7. The fourth-order valence-corrected chi connectivity index (χ4v) is 9.41. The fourth-order valence-electron chi connectivity index (χ4n) is 7.45. The lowest BCUT2D eigenvalue weighted by atomic mass is 9.07. The number of rotatable bonds is 12. The molecule has 7 nitrogen and oxygen atoms in total. The van der Waals surface area contributed by atoms with E-state index < -0.39 is 22.0 Å². The molecule has 0 spiro atoms. The van der Waals surface area contributed by atoms with Crippen LogP contribution >= 0.6 is 0 Å². The Balaban J connectivity index is 0.000000215. The number of hydrogen-bond acceptors (Lipinski definition) is 6. The Morgan fingerprint density at radius 2 is 0.911 bits per heavy atom. The highest BCUT2D eigenvalue weighted by Gasteiger charge is 2.40. The number of methoxy groups -OCH3 is 3. The number of carbonyl (C=O) groups excluding carboxylic acids is 1. The van der Waals surface area contributed by atoms with Crippen LogP contribution in [0.3, 0.4) is 0 Å². The van der Waals surface area contributed by atoms with Gasteiger partial charge in [0, 0.05) is 17.7 Å². The molecule has 56 heavy (non-hydrogen) atoms. The molecule has 6 rings (SSSR count). The molecule has 0 saturated heterocycles. The van der Waals surface area contributed by atoms with Gasteiger partial charge in [0.1, 0.15) is 17.2 Å². The molecule has 0 radical (unpaired) electrons. The quantitative estimate of drug-likeness (QED) is 0.0406. The van der Waals surface area contributed by atoms with E-state index in [0.29, 0.717) is 11.3 Å². The maximum absolute atomic E-state index is 12.9. The number of Topliss-reactive ketones (excluding diaryl/α,β-unsaturated/α-hetero) is 1. The van der Waals surface area contributed by atoms with Gasteiger partial charge in [-0.1, -0.05) is 92.6 Å². The van der Waals surface area contributed by atoms with Crippen molar-refractivity contribution in [1.29, 1.82) is 0 Å². The van der Waals surface area contributed by atoms with Gasteiger partial charge in [-0.15, -0.1) is 5.31 Å². The zero-order valence-electron chi connectivity index (χ0n) is 33.4. The van der Waals surface area contributed by atoms with Crippen LogP contribution in [0.2, 0.25) is 5.31 Å². The SMILES string of the molecule is COc1ccc([B-](c2ccc(OC)cc2)(c2ccc(OC)cc2)C(C)(C)C)cc1.Cc1ccc([S+](CC(=O)c2ccc([N+](=O)[O-])cc2)c2ccc(C)cc2)cc1. The van der Waals surface area contributed by atoms with Gasteiger partial charge in [0.05, 0.1) is 43.3 Å². The summed E-state index contributed by atoms with van der Waals surface area (Å²) in [7, 11) is 4.70. The molecule has 0 bridgehead atoms. The van der Waals surface area contributed by atoms with Crippen LogP contribution in [0.4, 0.5) is 5.69 Å². The van der Waals surface area contributed by atoms with Crippen molar-refractivity contribution in [1.82, 2.24) is 0 Å². The molecular formula is C47H50BNO6S. The topological polar surface area (TPSA) is 87.9 Å². The van der Waals surface area contributed by atoms with Crippen LogP contribution in [-0.4, -0.2) is 43.9 Å². The van der Waals surface area contributed by atoms with Crippen molar-refractivity contribution in [3.05, 3.63) is 172 Å². The van der Waals surface area contributed by atoms with E-state index >= 15 is 0 Å². The molecule has 0 fully saturated rings. The van der Waals surface area contributed by atoms with Gasteiger partial charge in [0.15, 0.2) is 15.5 Å². The van der Waals surface area contributed by atoms with E-state index in [2.05, 4.69) is 106 Å². The number of aryl methyl sites for hydroxylation is 2. The zero-order valence-corrected chi connectivity index (χ0v) is 34.3. The van der Waals surface area contributed by atoms with Gasteiger partial charge >= 0.3 is 0 Å². The van der Waals surface area contributed by atoms with Gasteiger partial charge in [0.25, 0.3) is 5.69 Å². The molecule has 0 aliphatic carbocycles. The van der Waals surface area contributed by atoms with Crippen LogP contribution in [0.15, 0.2) is 155 Å². The fraction of sp³-hybridized carbons (Fsp3) is 0.213. The van der Waals surface area contributed by atoms with Gasteiger partial charge in [-0.2, -0.15) is 16.4 Å². The smallest absolute Gasteiger partial charge is 0.269 e. The van der Waals surface area contributed by atoms with Crippen LogP contribution in [0.25, 0.3) is 0 Å². The predicted octanol–water partition coefficient (Wildman–Crippen LogP) is 9.11. The Kier molecular flexibility index (Phi) is 13.5. The monoisotopic (exact) mass is 767 g/mol. The number of nitrogens with zero attached hydrogens (tertiary/aromatic N) is 1. The van der Waals surface area contributed by atoms with E-state index in [1.807, 2.05) is 50.2 Å². The molecule has 0 amide bonds. The van der Waals surface area contributed by atoms with Crippen molar-refractivity contribution in [2.24, 2.45) is 0 Å². The van der Waals surface area contributed by atoms with Gasteiger partial charge < -0.3 is 14.2 Å². The van der Waals surface area contributed by atoms with Crippen molar-refractivity contribution in [3.63, 3.8) is 0 Å². The van der Waals surface area contributed by atoms with Crippen molar-refractivity contribution in [3.8, 4) is 17.2 Å². The van der Waals surface area contributed by atoms with Crippen LogP contribution in [0, 0.1) is 24.0 Å². The number of non-ortho nitro benzene ring substituents is 1. The number of hydrogen-bond donors (Lipinski definition) is 0. The molecule has 9 heteroatoms. The average Bonchev–Trinajstić information content (AvgIpc) is 3.21. The molecule has 0 N–H and O–H groups in total. The molecule has 6 aromatic rings. The summed E-state index contributed by atoms with van der Waals surface area (Å²) >= 11 is 0. The van der Waals surface area contributed by atoms with Crippen LogP contribution in [-0.2, 0) is 10.9 Å². The van der Waals surface area contributed by atoms with E-state index in [-0.39, 0.29) is 16.8 Å². The van der Waals surface area contributed by atoms with Crippen molar-refractivity contribution in [2.45, 2.75) is 49.7 Å². The van der Waals surface area contributed by atoms with Gasteiger partial charge in [-0.3, -0.25) is 14.9 Å². The first-order valence-corrected chi connectivity index (χ1v) is 19.9. The Hall–Kier alpha value is -5.80. The summed E-state index contributed by atoms with van der Waals surface area (Å²) < 4.78 is 16.2. The normalized spacial score (nSPS) is 11.3. The van der Waals surface area contributed by atoms with Gasteiger partial charge in [-0.25, -0.2) is 0 Å². The lowest BCUT2D eigenvalue weighted by Gasteiger charge is -2.54. The number of ether oxygens (including phenoxy) is 3. The summed E-state index contributed by atoms with van der Waals surface area (Å²) in [4.78, 5) is 25.4. The minimum absolute atomic E-state index is 0.0115. The zero-order chi connectivity index (χ0) is 40.5. The molecule has 0 heterocycles. The Bertz CT molecular complexity index is 2040. The van der Waals surface area contributed by atoms with Gasteiger partial charge in [0.2, 0.25) is 5.78 Å². The van der Waals surface area contributed by atoms with E-state index in [4.69, 9.17) is 14.2 Å². The minimum atomic E-state index is -1.29. The van der Waals surface area contributed by atoms with E-state index in [0.717, 1.165) is 27.0 Å². The number of nitro benzene ring substituents is 1. The standard InChI is InChI=1S/C25H30BO3.C22H20NO3S/c1-25(2,3)26(19-7-13-22(27-4)14-8-19,20-9-15-23(28-5)16-10-20)21-11-17-24(29-6)18-12-21;1-16-3-11-20(12-4-16)27(21-13-5-17(2)6-14-21)15-22(24)18-7-9-19(10-8-18)23(25)26/h7-18H,1-6H3;3-14H,15H2,1-2H3/q-1;+1. The largest absolute Gasteiger partial charge is 0.497 e. The van der Waals surface area contributed by atoms with E-state index in [1.54, 1.807) is 21.3 Å². The van der Waals surface area contributed by atoms with Crippen molar-refractivity contribution < 1.29 is 23.9 Å². The third kappa shape index (κ3) is 9.35. The number of nitro groups is 1. The first-order chi connectivity index (χ1) is 26.8. The second kappa shape index (κ2) is 18.2. The Labute approximate surface area is 334 Å². The Morgan fingerprint density at radius 3 is 1.20 bits per heavy atom. The maximum atomic E-state index is 12.9. The first kappa shape index (κ1) is 41.4. The summed E-state index contributed by atoms with van der Waals surface area (Å²) in [5.74, 6) is 2.89. The Morgan fingerprint density at radius 1 is 0.571 bits per heavy atom. The molecule has 0 unspecified atom stereocenters. The first-order valence-electron chi connectivity index (χ1n) is 18.5. The van der Waals surface area contributed by atoms with E-state index in [1.165, 1.54) is 51.8 Å². The molecule has 0 aliphatic rings. The molecular weight excluding hydrogens is 717 g/mol. The number of ketones is 1. The lowest BCUT2D eigenvalue weighted by molar-refractivity contribution is -0.384. The molecule has 0 aromatic heterocycles.